The van der Waals surface area contributed by atoms with Gasteiger partial charge in [0.15, 0.2) is 0 Å². The number of anilines is 1. The van der Waals surface area contributed by atoms with Gasteiger partial charge in [0.25, 0.3) is 11.8 Å². The van der Waals surface area contributed by atoms with Crippen LogP contribution in [0.3, 0.4) is 0 Å². The minimum atomic E-state index is -0.365. The average molecular weight is 478 g/mol. The highest BCUT2D eigenvalue weighted by Crippen LogP contribution is 2.17. The summed E-state index contributed by atoms with van der Waals surface area (Å²) in [6.45, 7) is 3.57. The smallest absolute Gasteiger partial charge is 0.268 e. The zero-order valence-corrected chi connectivity index (χ0v) is 19.8. The number of hydrogen-bond acceptors (Lipinski definition) is 6. The highest BCUT2D eigenvalue weighted by atomic mass is 32.1. The Morgan fingerprint density at radius 1 is 1.06 bits per heavy atom. The van der Waals surface area contributed by atoms with Gasteiger partial charge in [0.05, 0.1) is 20.3 Å². The number of benzene rings is 2. The first-order valence-corrected chi connectivity index (χ1v) is 11.9. The summed E-state index contributed by atoms with van der Waals surface area (Å²) < 4.78 is 10.5. The van der Waals surface area contributed by atoms with Crippen molar-refractivity contribution in [1.82, 2.24) is 10.6 Å². The summed E-state index contributed by atoms with van der Waals surface area (Å²) >= 11 is 1.49. The molecule has 0 unspecified atom stereocenters. The average Bonchev–Trinajstić information content (AvgIpc) is 3.41. The van der Waals surface area contributed by atoms with E-state index in [0.29, 0.717) is 17.9 Å². The highest BCUT2D eigenvalue weighted by molar-refractivity contribution is 7.10. The molecule has 1 aliphatic rings. The molecule has 1 aliphatic heterocycles. The molecule has 0 aliphatic carbocycles. The normalized spacial score (nSPS) is 13.9. The SMILES string of the molecule is COc1ccc(C(=O)N/C(=C\c2cccs2)C(=O)NCc2ccc(N3CCOCC3)cc2)cc1. The number of amides is 2. The molecule has 176 valence electrons. The number of morpholine rings is 1. The van der Waals surface area contributed by atoms with Gasteiger partial charge in [-0.15, -0.1) is 11.3 Å². The van der Waals surface area contributed by atoms with Crippen LogP contribution in [-0.2, 0) is 16.1 Å². The number of rotatable bonds is 8. The lowest BCUT2D eigenvalue weighted by Crippen LogP contribution is -2.36. The van der Waals surface area contributed by atoms with E-state index in [9.17, 15) is 9.59 Å². The van der Waals surface area contributed by atoms with E-state index in [-0.39, 0.29) is 17.5 Å². The third kappa shape index (κ3) is 6.24. The predicted octanol–water partition coefficient (Wildman–Crippen LogP) is 3.68. The third-order valence-corrected chi connectivity index (χ3v) is 6.26. The Hall–Kier alpha value is -3.62. The summed E-state index contributed by atoms with van der Waals surface area (Å²) in [4.78, 5) is 28.9. The lowest BCUT2D eigenvalue weighted by molar-refractivity contribution is -0.117. The number of nitrogens with one attached hydrogen (secondary N) is 2. The topological polar surface area (TPSA) is 79.9 Å². The molecule has 7 nitrogen and oxygen atoms in total. The van der Waals surface area contributed by atoms with E-state index in [2.05, 4.69) is 27.7 Å². The van der Waals surface area contributed by atoms with Crippen molar-refractivity contribution in [2.24, 2.45) is 0 Å². The second-order valence-electron chi connectivity index (χ2n) is 7.70. The predicted molar refractivity (Wildman–Crippen MR) is 134 cm³/mol. The van der Waals surface area contributed by atoms with Crippen LogP contribution < -0.4 is 20.3 Å². The van der Waals surface area contributed by atoms with Crippen molar-refractivity contribution in [1.29, 1.82) is 0 Å². The molecule has 4 rings (SSSR count). The summed E-state index contributed by atoms with van der Waals surface area (Å²) in [6.07, 6.45) is 1.68. The highest BCUT2D eigenvalue weighted by Gasteiger charge is 2.16. The van der Waals surface area contributed by atoms with Gasteiger partial charge in [-0.25, -0.2) is 0 Å². The minimum Gasteiger partial charge on any atom is -0.497 e. The maximum absolute atomic E-state index is 13.0. The molecule has 2 amide bonds. The van der Waals surface area contributed by atoms with Crippen molar-refractivity contribution in [2.75, 3.05) is 38.3 Å². The molecule has 0 spiro atoms. The second-order valence-corrected chi connectivity index (χ2v) is 8.68. The van der Waals surface area contributed by atoms with Crippen LogP contribution in [-0.4, -0.2) is 45.2 Å². The first-order valence-electron chi connectivity index (χ1n) is 11.0. The molecule has 1 saturated heterocycles. The molecule has 0 saturated carbocycles. The fourth-order valence-corrected chi connectivity index (χ4v) is 4.19. The second kappa shape index (κ2) is 11.5. The Kier molecular flexibility index (Phi) is 7.95. The van der Waals surface area contributed by atoms with E-state index in [1.54, 1.807) is 37.5 Å². The molecule has 2 N–H and O–H groups in total. The monoisotopic (exact) mass is 477 g/mol. The van der Waals surface area contributed by atoms with E-state index in [0.717, 1.165) is 42.4 Å². The van der Waals surface area contributed by atoms with Crippen molar-refractivity contribution in [2.45, 2.75) is 6.54 Å². The number of methoxy groups -OCH3 is 1. The van der Waals surface area contributed by atoms with E-state index in [1.807, 2.05) is 29.6 Å². The van der Waals surface area contributed by atoms with E-state index >= 15 is 0 Å². The standard InChI is InChI=1S/C26H27N3O4S/c1-32-22-10-6-20(7-11-22)25(30)28-24(17-23-3-2-16-34-23)26(31)27-18-19-4-8-21(9-5-19)29-12-14-33-15-13-29/h2-11,16-17H,12-15,18H2,1H3,(H,27,31)(H,28,30)/b24-17-. The number of hydrogen-bond donors (Lipinski definition) is 2. The van der Waals surface area contributed by atoms with Crippen LogP contribution in [0.5, 0.6) is 5.75 Å². The Labute approximate surface area is 203 Å². The largest absolute Gasteiger partial charge is 0.497 e. The third-order valence-electron chi connectivity index (χ3n) is 5.44. The van der Waals surface area contributed by atoms with Gasteiger partial charge < -0.3 is 25.0 Å². The van der Waals surface area contributed by atoms with Gasteiger partial charge in [-0.3, -0.25) is 9.59 Å². The van der Waals surface area contributed by atoms with Crippen LogP contribution in [0.25, 0.3) is 6.08 Å². The summed E-state index contributed by atoms with van der Waals surface area (Å²) in [6, 6.07) is 18.6. The van der Waals surface area contributed by atoms with Crippen molar-refractivity contribution in [3.8, 4) is 5.75 Å². The molecule has 8 heteroatoms. The van der Waals surface area contributed by atoms with Crippen LogP contribution in [0.4, 0.5) is 5.69 Å². The van der Waals surface area contributed by atoms with Gasteiger partial charge in [-0.1, -0.05) is 18.2 Å². The maximum Gasteiger partial charge on any atom is 0.268 e. The zero-order chi connectivity index (χ0) is 23.8. The van der Waals surface area contributed by atoms with Crippen LogP contribution in [0, 0.1) is 0 Å². The molecule has 34 heavy (non-hydrogen) atoms. The Balaban J connectivity index is 1.41. The molecule has 1 aromatic heterocycles. The Morgan fingerprint density at radius 2 is 1.79 bits per heavy atom. The van der Waals surface area contributed by atoms with Crippen molar-refractivity contribution in [3.05, 3.63) is 87.7 Å². The number of thiophene rings is 1. The van der Waals surface area contributed by atoms with Crippen LogP contribution in [0.15, 0.2) is 71.7 Å². The molecule has 3 aromatic rings. The van der Waals surface area contributed by atoms with Gasteiger partial charge in [-0.05, 0) is 59.5 Å². The van der Waals surface area contributed by atoms with Crippen molar-refractivity contribution in [3.63, 3.8) is 0 Å². The van der Waals surface area contributed by atoms with Gasteiger partial charge in [0, 0.05) is 35.8 Å². The van der Waals surface area contributed by atoms with E-state index < -0.39 is 0 Å². The summed E-state index contributed by atoms with van der Waals surface area (Å²) in [7, 11) is 1.57. The summed E-state index contributed by atoms with van der Waals surface area (Å²) in [5.41, 5.74) is 2.74. The lowest BCUT2D eigenvalue weighted by atomic mass is 10.1. The van der Waals surface area contributed by atoms with E-state index in [4.69, 9.17) is 9.47 Å². The lowest BCUT2D eigenvalue weighted by Gasteiger charge is -2.28. The minimum absolute atomic E-state index is 0.188. The van der Waals surface area contributed by atoms with Gasteiger partial charge >= 0.3 is 0 Å². The summed E-state index contributed by atoms with van der Waals surface area (Å²) in [5, 5.41) is 7.59. The van der Waals surface area contributed by atoms with Crippen LogP contribution in [0.1, 0.15) is 20.8 Å². The van der Waals surface area contributed by atoms with E-state index in [1.165, 1.54) is 11.3 Å². The van der Waals surface area contributed by atoms with Gasteiger partial charge in [0.2, 0.25) is 0 Å². The molecule has 0 atom stereocenters. The van der Waals surface area contributed by atoms with Gasteiger partial charge in [0.1, 0.15) is 11.4 Å². The molecule has 2 heterocycles. The van der Waals surface area contributed by atoms with Gasteiger partial charge in [-0.2, -0.15) is 0 Å². The first-order chi connectivity index (χ1) is 16.6. The van der Waals surface area contributed by atoms with Crippen LogP contribution in [0.2, 0.25) is 0 Å². The molecular formula is C26H27N3O4S. The van der Waals surface area contributed by atoms with Crippen molar-refractivity contribution < 1.29 is 19.1 Å². The number of ether oxygens (including phenoxy) is 2. The number of carbonyl (C=O) groups is 2. The molecular weight excluding hydrogens is 450 g/mol. The Bertz CT molecular complexity index is 1120. The van der Waals surface area contributed by atoms with Crippen molar-refractivity contribution >= 4 is 34.9 Å². The number of nitrogens with zero attached hydrogens (tertiary/aromatic N) is 1. The quantitative estimate of drug-likeness (QED) is 0.484. The zero-order valence-electron chi connectivity index (χ0n) is 19.0. The fourth-order valence-electron chi connectivity index (χ4n) is 3.53. The number of carbonyl (C=O) groups excluding carboxylic acids is 2. The molecule has 1 fully saturated rings. The fraction of sp³-hybridized carbons (Fsp3) is 0.231. The summed E-state index contributed by atoms with van der Waals surface area (Å²) in [5.74, 6) is -0.0636. The first kappa shape index (κ1) is 23.5. The molecule has 0 bridgehead atoms. The Morgan fingerprint density at radius 3 is 2.44 bits per heavy atom. The molecule has 2 aromatic carbocycles. The molecule has 0 radical (unpaired) electrons. The van der Waals surface area contributed by atoms with Crippen LogP contribution >= 0.6 is 11.3 Å². The maximum atomic E-state index is 13.0.